The SMILES string of the molecule is NCCCCN=C(N)N.O=P(O)(O)O. The van der Waals surface area contributed by atoms with Gasteiger partial charge in [-0.1, -0.05) is 0 Å². The second kappa shape index (κ2) is 8.92. The lowest BCUT2D eigenvalue weighted by molar-refractivity contribution is 0.275. The highest BCUT2D eigenvalue weighted by atomic mass is 31.2. The van der Waals surface area contributed by atoms with Gasteiger partial charge in [0.2, 0.25) is 0 Å². The van der Waals surface area contributed by atoms with E-state index in [-0.39, 0.29) is 5.96 Å². The molecule has 14 heavy (non-hydrogen) atoms. The van der Waals surface area contributed by atoms with Crippen molar-refractivity contribution in [3.05, 3.63) is 0 Å². The van der Waals surface area contributed by atoms with E-state index < -0.39 is 7.82 Å². The topological polar surface area (TPSA) is 168 Å². The molecular formula is C5H17N4O4P. The predicted octanol–water partition coefficient (Wildman–Crippen LogP) is -1.93. The second-order valence-electron chi connectivity index (χ2n) is 2.32. The van der Waals surface area contributed by atoms with Crippen LogP contribution < -0.4 is 17.2 Å². The first kappa shape index (κ1) is 15.8. The average Bonchev–Trinajstić information content (AvgIpc) is 1.94. The molecule has 0 unspecified atom stereocenters. The summed E-state index contributed by atoms with van der Waals surface area (Å²) in [5.41, 5.74) is 15.4. The third-order valence-electron chi connectivity index (χ3n) is 0.907. The normalized spacial score (nSPS) is 10.0. The number of nitrogens with two attached hydrogens (primary N) is 3. The zero-order chi connectivity index (χ0) is 11.6. The Balaban J connectivity index is 0. The van der Waals surface area contributed by atoms with Crippen molar-refractivity contribution >= 4 is 13.8 Å². The van der Waals surface area contributed by atoms with Crippen LogP contribution in [0.2, 0.25) is 0 Å². The number of aliphatic imine (C=N–C) groups is 1. The van der Waals surface area contributed by atoms with Gasteiger partial charge in [-0.15, -0.1) is 0 Å². The molecule has 0 fully saturated rings. The third kappa shape index (κ3) is 42.5. The van der Waals surface area contributed by atoms with Gasteiger partial charge in [0, 0.05) is 6.54 Å². The van der Waals surface area contributed by atoms with Gasteiger partial charge in [-0.3, -0.25) is 4.99 Å². The highest BCUT2D eigenvalue weighted by Gasteiger charge is 2.00. The van der Waals surface area contributed by atoms with E-state index in [9.17, 15) is 0 Å². The minimum absolute atomic E-state index is 0.159. The van der Waals surface area contributed by atoms with Crippen LogP contribution in [0.1, 0.15) is 12.8 Å². The highest BCUT2D eigenvalue weighted by Crippen LogP contribution is 2.25. The third-order valence-corrected chi connectivity index (χ3v) is 0.907. The first-order chi connectivity index (χ1) is 6.27. The zero-order valence-corrected chi connectivity index (χ0v) is 8.60. The van der Waals surface area contributed by atoms with Crippen LogP contribution in [0.3, 0.4) is 0 Å². The van der Waals surface area contributed by atoms with Crippen molar-refractivity contribution in [2.75, 3.05) is 13.1 Å². The minimum Gasteiger partial charge on any atom is -0.370 e. The first-order valence-corrected chi connectivity index (χ1v) is 5.37. The summed E-state index contributed by atoms with van der Waals surface area (Å²) in [7, 11) is -4.64. The summed E-state index contributed by atoms with van der Waals surface area (Å²) in [5.74, 6) is 0.159. The molecule has 0 rings (SSSR count). The van der Waals surface area contributed by atoms with E-state index in [0.29, 0.717) is 13.1 Å². The lowest BCUT2D eigenvalue weighted by Crippen LogP contribution is -2.23. The molecule has 9 heteroatoms. The standard InChI is InChI=1S/C5H14N4.H3O4P/c6-3-1-2-4-9-5(7)8;1-5(2,3)4/h1-4,6H2,(H4,7,8,9);(H3,1,2,3,4). The maximum Gasteiger partial charge on any atom is 0.466 e. The van der Waals surface area contributed by atoms with Crippen molar-refractivity contribution in [1.29, 1.82) is 0 Å². The molecule has 0 aromatic rings. The van der Waals surface area contributed by atoms with Crippen LogP contribution in [-0.2, 0) is 4.57 Å². The second-order valence-corrected chi connectivity index (χ2v) is 3.34. The van der Waals surface area contributed by atoms with E-state index >= 15 is 0 Å². The summed E-state index contributed by atoms with van der Waals surface area (Å²) in [5, 5.41) is 0. The smallest absolute Gasteiger partial charge is 0.370 e. The molecule has 0 heterocycles. The molecule has 0 aliphatic heterocycles. The molecule has 0 saturated heterocycles. The molecule has 86 valence electrons. The number of unbranched alkanes of at least 4 members (excludes halogenated alkanes) is 1. The van der Waals surface area contributed by atoms with Crippen molar-refractivity contribution < 1.29 is 19.2 Å². The van der Waals surface area contributed by atoms with Crippen LogP contribution in [0, 0.1) is 0 Å². The predicted molar refractivity (Wildman–Crippen MR) is 53.2 cm³/mol. The van der Waals surface area contributed by atoms with Gasteiger partial charge < -0.3 is 31.9 Å². The molecule has 0 bridgehead atoms. The fourth-order valence-corrected chi connectivity index (χ4v) is 0.464. The Morgan fingerprint density at radius 3 is 1.93 bits per heavy atom. The zero-order valence-electron chi connectivity index (χ0n) is 7.70. The van der Waals surface area contributed by atoms with E-state index in [1.54, 1.807) is 0 Å². The molecular weight excluding hydrogens is 211 g/mol. The van der Waals surface area contributed by atoms with Gasteiger partial charge in [-0.25, -0.2) is 4.57 Å². The summed E-state index contributed by atoms with van der Waals surface area (Å²) in [6, 6.07) is 0. The number of hydrogen-bond donors (Lipinski definition) is 6. The molecule has 0 amide bonds. The van der Waals surface area contributed by atoms with Gasteiger partial charge in [0.1, 0.15) is 0 Å². The maximum absolute atomic E-state index is 8.88. The van der Waals surface area contributed by atoms with E-state index in [1.165, 1.54) is 0 Å². The summed E-state index contributed by atoms with van der Waals surface area (Å²) < 4.78 is 8.88. The van der Waals surface area contributed by atoms with Gasteiger partial charge in [-0.2, -0.15) is 0 Å². The van der Waals surface area contributed by atoms with Crippen molar-refractivity contribution in [2.45, 2.75) is 12.8 Å². The fraction of sp³-hybridized carbons (Fsp3) is 0.800. The van der Waals surface area contributed by atoms with E-state index in [0.717, 1.165) is 12.8 Å². The maximum atomic E-state index is 8.88. The van der Waals surface area contributed by atoms with E-state index in [2.05, 4.69) is 4.99 Å². The Kier molecular flexibility index (Phi) is 10.1. The number of guanidine groups is 1. The summed E-state index contributed by atoms with van der Waals surface area (Å²) >= 11 is 0. The lowest BCUT2D eigenvalue weighted by atomic mass is 10.3. The fourth-order valence-electron chi connectivity index (χ4n) is 0.464. The Morgan fingerprint density at radius 1 is 1.21 bits per heavy atom. The molecule has 0 atom stereocenters. The van der Waals surface area contributed by atoms with Crippen LogP contribution in [0.4, 0.5) is 0 Å². The molecule has 8 nitrogen and oxygen atoms in total. The summed E-state index contributed by atoms with van der Waals surface area (Å²) in [4.78, 5) is 25.3. The molecule has 0 aromatic heterocycles. The molecule has 0 aromatic carbocycles. The Bertz CT molecular complexity index is 192. The van der Waals surface area contributed by atoms with Gasteiger partial charge in [0.15, 0.2) is 5.96 Å². The van der Waals surface area contributed by atoms with Crippen LogP contribution >= 0.6 is 7.82 Å². The number of nitrogens with zero attached hydrogens (tertiary/aromatic N) is 1. The minimum atomic E-state index is -4.64. The molecule has 0 aliphatic carbocycles. The molecule has 0 saturated carbocycles. The van der Waals surface area contributed by atoms with Gasteiger partial charge in [0.25, 0.3) is 0 Å². The summed E-state index contributed by atoms with van der Waals surface area (Å²) in [6.45, 7) is 1.40. The van der Waals surface area contributed by atoms with Crippen LogP contribution in [0.5, 0.6) is 0 Å². The average molecular weight is 228 g/mol. The van der Waals surface area contributed by atoms with Crippen molar-refractivity contribution in [2.24, 2.45) is 22.2 Å². The first-order valence-electron chi connectivity index (χ1n) is 3.81. The highest BCUT2D eigenvalue weighted by molar-refractivity contribution is 7.45. The van der Waals surface area contributed by atoms with Crippen LogP contribution in [0.15, 0.2) is 4.99 Å². The van der Waals surface area contributed by atoms with Crippen LogP contribution in [-0.4, -0.2) is 33.7 Å². The molecule has 0 aliphatic rings. The molecule has 0 spiro atoms. The van der Waals surface area contributed by atoms with Crippen molar-refractivity contribution in [1.82, 2.24) is 0 Å². The number of rotatable bonds is 4. The molecule has 0 radical (unpaired) electrons. The van der Waals surface area contributed by atoms with Crippen molar-refractivity contribution in [3.8, 4) is 0 Å². The molecule has 9 N–H and O–H groups in total. The Hall–Kier alpha value is -0.660. The van der Waals surface area contributed by atoms with E-state index in [4.69, 9.17) is 36.4 Å². The number of hydrogen-bond acceptors (Lipinski definition) is 3. The van der Waals surface area contributed by atoms with Gasteiger partial charge >= 0.3 is 7.82 Å². The van der Waals surface area contributed by atoms with Gasteiger partial charge in [-0.05, 0) is 19.4 Å². The van der Waals surface area contributed by atoms with Crippen molar-refractivity contribution in [3.63, 3.8) is 0 Å². The quantitative estimate of drug-likeness (QED) is 0.141. The lowest BCUT2D eigenvalue weighted by Gasteiger charge is -1.92. The Morgan fingerprint density at radius 2 is 1.64 bits per heavy atom. The largest absolute Gasteiger partial charge is 0.466 e. The summed E-state index contributed by atoms with van der Waals surface area (Å²) in [6.07, 6.45) is 1.95. The Labute approximate surface area is 82.1 Å². The van der Waals surface area contributed by atoms with E-state index in [1.807, 2.05) is 0 Å². The van der Waals surface area contributed by atoms with Crippen LogP contribution in [0.25, 0.3) is 0 Å². The number of phosphoric acid groups is 1. The monoisotopic (exact) mass is 228 g/mol. The van der Waals surface area contributed by atoms with Gasteiger partial charge in [0.05, 0.1) is 0 Å².